The van der Waals surface area contributed by atoms with Crippen molar-refractivity contribution in [3.63, 3.8) is 0 Å². The molecule has 0 bridgehead atoms. The molecule has 1 heterocycles. The van der Waals surface area contributed by atoms with Crippen molar-refractivity contribution in [1.82, 2.24) is 4.90 Å². The number of ketones is 1. The highest BCUT2D eigenvalue weighted by molar-refractivity contribution is 5.95. The van der Waals surface area contributed by atoms with Crippen molar-refractivity contribution in [2.45, 2.75) is 26.8 Å². The van der Waals surface area contributed by atoms with Crippen molar-refractivity contribution in [1.29, 1.82) is 0 Å². The Kier molecular flexibility index (Phi) is 5.57. The Morgan fingerprint density at radius 1 is 1.13 bits per heavy atom. The lowest BCUT2D eigenvalue weighted by atomic mass is 10.1. The normalized spacial score (nSPS) is 10.4. The van der Waals surface area contributed by atoms with Gasteiger partial charge >= 0.3 is 0 Å². The van der Waals surface area contributed by atoms with Crippen LogP contribution in [0.1, 0.15) is 35.2 Å². The second-order valence-electron chi connectivity index (χ2n) is 5.35. The molecule has 0 aliphatic heterocycles. The van der Waals surface area contributed by atoms with Gasteiger partial charge in [-0.3, -0.25) is 9.59 Å². The fourth-order valence-corrected chi connectivity index (χ4v) is 2.09. The Morgan fingerprint density at radius 3 is 2.39 bits per heavy atom. The van der Waals surface area contributed by atoms with Gasteiger partial charge in [0.15, 0.2) is 12.4 Å². The third kappa shape index (κ3) is 4.71. The van der Waals surface area contributed by atoms with Crippen LogP contribution in [0, 0.1) is 6.92 Å². The lowest BCUT2D eigenvalue weighted by Gasteiger charge is -2.16. The van der Waals surface area contributed by atoms with Crippen LogP contribution in [-0.2, 0) is 11.3 Å². The Balaban J connectivity index is 1.84. The van der Waals surface area contributed by atoms with E-state index in [4.69, 9.17) is 9.15 Å². The fourth-order valence-electron chi connectivity index (χ4n) is 2.09. The molecule has 5 nitrogen and oxygen atoms in total. The van der Waals surface area contributed by atoms with E-state index < -0.39 is 0 Å². The summed E-state index contributed by atoms with van der Waals surface area (Å²) in [6, 6.07) is 10.5. The van der Waals surface area contributed by atoms with Crippen LogP contribution in [0.2, 0.25) is 0 Å². The van der Waals surface area contributed by atoms with Crippen LogP contribution in [0.5, 0.6) is 5.75 Å². The quantitative estimate of drug-likeness (QED) is 0.736. The lowest BCUT2D eigenvalue weighted by molar-refractivity contribution is -0.132. The average molecular weight is 315 g/mol. The number of Topliss-reactive ketones (excluding diaryl/α,β-unsaturated/α-hetero) is 1. The first-order valence-electron chi connectivity index (χ1n) is 7.55. The molecule has 122 valence electrons. The molecule has 1 aromatic heterocycles. The highest BCUT2D eigenvalue weighted by Gasteiger charge is 2.12. The zero-order valence-electron chi connectivity index (χ0n) is 13.7. The number of carbonyl (C=O) groups excluding carboxylic acids is 2. The SMILES string of the molecule is CCC(=O)c1ccc(OCC(=O)N(C)Cc2ccc(C)o2)cc1. The van der Waals surface area contributed by atoms with Gasteiger partial charge < -0.3 is 14.1 Å². The fraction of sp³-hybridized carbons (Fsp3) is 0.333. The number of ether oxygens (including phenoxy) is 1. The molecule has 2 rings (SSSR count). The van der Waals surface area contributed by atoms with E-state index in [1.54, 1.807) is 36.2 Å². The van der Waals surface area contributed by atoms with E-state index in [0.29, 0.717) is 24.3 Å². The van der Waals surface area contributed by atoms with Gasteiger partial charge in [0.05, 0.1) is 6.54 Å². The minimum Gasteiger partial charge on any atom is -0.484 e. The summed E-state index contributed by atoms with van der Waals surface area (Å²) in [6.45, 7) is 4.03. The van der Waals surface area contributed by atoms with Gasteiger partial charge in [-0.1, -0.05) is 6.92 Å². The largest absolute Gasteiger partial charge is 0.484 e. The molecule has 0 aliphatic rings. The monoisotopic (exact) mass is 315 g/mol. The molecule has 0 N–H and O–H groups in total. The van der Waals surface area contributed by atoms with Crippen molar-refractivity contribution in [2.75, 3.05) is 13.7 Å². The predicted octanol–water partition coefficient (Wildman–Crippen LogP) is 3.22. The van der Waals surface area contributed by atoms with E-state index in [1.807, 2.05) is 26.0 Å². The van der Waals surface area contributed by atoms with Crippen molar-refractivity contribution >= 4 is 11.7 Å². The molecule has 0 saturated carbocycles. The van der Waals surface area contributed by atoms with Gasteiger partial charge in [0.2, 0.25) is 0 Å². The number of furan rings is 1. The maximum atomic E-state index is 12.1. The Hall–Kier alpha value is -2.56. The zero-order valence-corrected chi connectivity index (χ0v) is 13.7. The van der Waals surface area contributed by atoms with Gasteiger partial charge in [0.1, 0.15) is 17.3 Å². The summed E-state index contributed by atoms with van der Waals surface area (Å²) < 4.78 is 10.9. The number of aryl methyl sites for hydroxylation is 1. The molecule has 0 radical (unpaired) electrons. The molecule has 23 heavy (non-hydrogen) atoms. The first-order valence-corrected chi connectivity index (χ1v) is 7.55. The maximum Gasteiger partial charge on any atom is 0.260 e. The summed E-state index contributed by atoms with van der Waals surface area (Å²) in [6.07, 6.45) is 0.468. The molecule has 2 aromatic rings. The van der Waals surface area contributed by atoms with Crippen molar-refractivity contribution in [3.8, 4) is 5.75 Å². The molecule has 1 amide bonds. The van der Waals surface area contributed by atoms with Crippen molar-refractivity contribution < 1.29 is 18.7 Å². The molecule has 0 saturated heterocycles. The molecule has 0 unspecified atom stereocenters. The van der Waals surface area contributed by atoms with E-state index >= 15 is 0 Å². The number of amides is 1. The third-order valence-corrected chi connectivity index (χ3v) is 3.47. The topological polar surface area (TPSA) is 59.8 Å². The number of rotatable bonds is 7. The molecule has 0 spiro atoms. The summed E-state index contributed by atoms with van der Waals surface area (Å²) in [7, 11) is 1.70. The van der Waals surface area contributed by atoms with E-state index in [0.717, 1.165) is 11.5 Å². The van der Waals surface area contributed by atoms with E-state index in [9.17, 15) is 9.59 Å². The van der Waals surface area contributed by atoms with Gasteiger partial charge in [-0.2, -0.15) is 0 Å². The smallest absolute Gasteiger partial charge is 0.260 e. The van der Waals surface area contributed by atoms with Crippen LogP contribution in [0.4, 0.5) is 0 Å². The van der Waals surface area contributed by atoms with Gasteiger partial charge in [-0.25, -0.2) is 0 Å². The average Bonchev–Trinajstić information content (AvgIpc) is 2.97. The number of hydrogen-bond donors (Lipinski definition) is 0. The van der Waals surface area contributed by atoms with Crippen LogP contribution < -0.4 is 4.74 Å². The summed E-state index contributed by atoms with van der Waals surface area (Å²) >= 11 is 0. The second-order valence-corrected chi connectivity index (χ2v) is 5.35. The van der Waals surface area contributed by atoms with Crippen molar-refractivity contribution in [2.24, 2.45) is 0 Å². The number of likely N-dealkylation sites (N-methyl/N-ethyl adjacent to an activating group) is 1. The lowest BCUT2D eigenvalue weighted by Crippen LogP contribution is -2.30. The van der Waals surface area contributed by atoms with Crippen LogP contribution in [0.25, 0.3) is 0 Å². The molecule has 0 atom stereocenters. The van der Waals surface area contributed by atoms with Gasteiger partial charge in [-0.05, 0) is 43.3 Å². The summed E-state index contributed by atoms with van der Waals surface area (Å²) in [5, 5.41) is 0. The molecule has 1 aromatic carbocycles. The third-order valence-electron chi connectivity index (χ3n) is 3.47. The molecule has 0 aliphatic carbocycles. The highest BCUT2D eigenvalue weighted by Crippen LogP contribution is 2.14. The van der Waals surface area contributed by atoms with E-state index in [1.165, 1.54) is 0 Å². The van der Waals surface area contributed by atoms with E-state index in [2.05, 4.69) is 0 Å². The maximum absolute atomic E-state index is 12.1. The Bertz CT molecular complexity index is 673. The molecule has 0 fully saturated rings. The molecule has 5 heteroatoms. The first kappa shape index (κ1) is 16.8. The second kappa shape index (κ2) is 7.63. The zero-order chi connectivity index (χ0) is 16.8. The Morgan fingerprint density at radius 2 is 1.83 bits per heavy atom. The number of carbonyl (C=O) groups is 2. The minimum absolute atomic E-state index is 0.0583. The Labute approximate surface area is 135 Å². The molecular weight excluding hydrogens is 294 g/mol. The number of nitrogens with zero attached hydrogens (tertiary/aromatic N) is 1. The predicted molar refractivity (Wildman–Crippen MR) is 86.5 cm³/mol. The van der Waals surface area contributed by atoms with Gasteiger partial charge in [0, 0.05) is 19.0 Å². The van der Waals surface area contributed by atoms with Crippen LogP contribution >= 0.6 is 0 Å². The van der Waals surface area contributed by atoms with Crippen LogP contribution in [-0.4, -0.2) is 30.2 Å². The van der Waals surface area contributed by atoms with Crippen LogP contribution in [0.15, 0.2) is 40.8 Å². The first-order chi connectivity index (χ1) is 11.0. The molecular formula is C18H21NO4. The van der Waals surface area contributed by atoms with Crippen LogP contribution in [0.3, 0.4) is 0 Å². The number of hydrogen-bond acceptors (Lipinski definition) is 4. The van der Waals surface area contributed by atoms with Crippen molar-refractivity contribution in [3.05, 3.63) is 53.5 Å². The van der Waals surface area contributed by atoms with Gasteiger partial charge in [-0.15, -0.1) is 0 Å². The summed E-state index contributed by atoms with van der Waals surface area (Å²) in [5.74, 6) is 2.06. The highest BCUT2D eigenvalue weighted by atomic mass is 16.5. The van der Waals surface area contributed by atoms with Gasteiger partial charge in [0.25, 0.3) is 5.91 Å². The summed E-state index contributed by atoms with van der Waals surface area (Å²) in [4.78, 5) is 25.1. The summed E-state index contributed by atoms with van der Waals surface area (Å²) in [5.41, 5.74) is 0.650. The number of benzene rings is 1. The van der Waals surface area contributed by atoms with E-state index in [-0.39, 0.29) is 18.3 Å². The standard InChI is InChI=1S/C18H21NO4/c1-4-17(20)14-6-9-15(10-7-14)22-12-18(21)19(3)11-16-8-5-13(2)23-16/h5-10H,4,11-12H2,1-3H3. The minimum atomic E-state index is -0.146.